The maximum Gasteiger partial charge on any atom is -0.0292 e. The lowest BCUT2D eigenvalue weighted by atomic mass is 9.85. The van der Waals surface area contributed by atoms with Crippen molar-refractivity contribution in [2.45, 2.75) is 60.3 Å². The first-order valence-electron chi connectivity index (χ1n) is 6.05. The summed E-state index contributed by atoms with van der Waals surface area (Å²) in [5.74, 6) is 2.90. The van der Waals surface area contributed by atoms with Crippen LogP contribution in [0.15, 0.2) is 0 Å². The van der Waals surface area contributed by atoms with Gasteiger partial charge in [0.2, 0.25) is 0 Å². The zero-order valence-electron chi connectivity index (χ0n) is 10.1. The van der Waals surface area contributed by atoms with E-state index in [-0.39, 0.29) is 0 Å². The maximum absolute atomic E-state index is 2.49. The van der Waals surface area contributed by atoms with Gasteiger partial charge in [0.15, 0.2) is 0 Å². The molecule has 1 fully saturated rings. The lowest BCUT2D eigenvalue weighted by Crippen LogP contribution is -2.13. The Labute approximate surface area is 84.1 Å². The van der Waals surface area contributed by atoms with Gasteiger partial charge in [-0.05, 0) is 36.0 Å². The SMILES string of the molecule is CCCC1(C)CC1C(C)C(C)CC. The third-order valence-corrected chi connectivity index (χ3v) is 4.42. The van der Waals surface area contributed by atoms with Crippen LogP contribution >= 0.6 is 0 Å². The molecule has 0 aromatic carbocycles. The Hall–Kier alpha value is 0. The fourth-order valence-electron chi connectivity index (χ4n) is 2.89. The van der Waals surface area contributed by atoms with Gasteiger partial charge in [-0.2, -0.15) is 0 Å². The molecule has 0 saturated heterocycles. The Bertz CT molecular complexity index is 161. The summed E-state index contributed by atoms with van der Waals surface area (Å²) >= 11 is 0. The molecule has 1 rings (SSSR count). The summed E-state index contributed by atoms with van der Waals surface area (Å²) in [5.41, 5.74) is 0.720. The van der Waals surface area contributed by atoms with E-state index in [2.05, 4.69) is 34.6 Å². The Balaban J connectivity index is 2.40. The van der Waals surface area contributed by atoms with E-state index in [9.17, 15) is 0 Å². The van der Waals surface area contributed by atoms with E-state index in [1.807, 2.05) is 0 Å². The molecule has 4 atom stereocenters. The molecule has 4 unspecified atom stereocenters. The standard InChI is InChI=1S/C13H26/c1-6-8-13(5)9-12(13)11(4)10(3)7-2/h10-12H,6-9H2,1-5H3. The average molecular weight is 182 g/mol. The molecule has 0 spiro atoms. The van der Waals surface area contributed by atoms with Crippen LogP contribution in [0.4, 0.5) is 0 Å². The maximum atomic E-state index is 2.49. The van der Waals surface area contributed by atoms with Crippen molar-refractivity contribution in [3.05, 3.63) is 0 Å². The van der Waals surface area contributed by atoms with E-state index in [0.717, 1.165) is 23.2 Å². The molecule has 1 saturated carbocycles. The van der Waals surface area contributed by atoms with Crippen LogP contribution in [0.5, 0.6) is 0 Å². The van der Waals surface area contributed by atoms with E-state index >= 15 is 0 Å². The van der Waals surface area contributed by atoms with Crippen molar-refractivity contribution in [3.63, 3.8) is 0 Å². The van der Waals surface area contributed by atoms with Crippen molar-refractivity contribution in [2.75, 3.05) is 0 Å². The second kappa shape index (κ2) is 4.02. The van der Waals surface area contributed by atoms with Crippen LogP contribution < -0.4 is 0 Å². The van der Waals surface area contributed by atoms with Gasteiger partial charge < -0.3 is 0 Å². The van der Waals surface area contributed by atoms with Gasteiger partial charge >= 0.3 is 0 Å². The van der Waals surface area contributed by atoms with Crippen molar-refractivity contribution in [3.8, 4) is 0 Å². The van der Waals surface area contributed by atoms with Crippen molar-refractivity contribution in [1.29, 1.82) is 0 Å². The molecular weight excluding hydrogens is 156 g/mol. The summed E-state index contributed by atoms with van der Waals surface area (Å²) in [4.78, 5) is 0. The Morgan fingerprint density at radius 3 is 2.38 bits per heavy atom. The topological polar surface area (TPSA) is 0 Å². The monoisotopic (exact) mass is 182 g/mol. The highest BCUT2D eigenvalue weighted by atomic mass is 14.6. The first-order chi connectivity index (χ1) is 6.05. The Morgan fingerprint density at radius 2 is 1.92 bits per heavy atom. The zero-order valence-corrected chi connectivity index (χ0v) is 10.1. The molecule has 78 valence electrons. The second-order valence-electron chi connectivity index (χ2n) is 5.46. The number of rotatable bonds is 5. The molecule has 0 heterocycles. The molecule has 1 aliphatic carbocycles. The van der Waals surface area contributed by atoms with E-state index in [0.29, 0.717) is 0 Å². The van der Waals surface area contributed by atoms with Crippen molar-refractivity contribution < 1.29 is 0 Å². The second-order valence-corrected chi connectivity index (χ2v) is 5.46. The minimum atomic E-state index is 0.720. The van der Waals surface area contributed by atoms with E-state index in [1.54, 1.807) is 0 Å². The fourth-order valence-corrected chi connectivity index (χ4v) is 2.89. The molecule has 1 aliphatic rings. The average Bonchev–Trinajstić information content (AvgIpc) is 2.76. The summed E-state index contributed by atoms with van der Waals surface area (Å²) in [6.45, 7) is 12.0. The predicted octanol–water partition coefficient (Wildman–Crippen LogP) is 4.49. The molecular formula is C13H26. The highest BCUT2D eigenvalue weighted by Crippen LogP contribution is 2.60. The molecule has 0 amide bonds. The van der Waals surface area contributed by atoms with Crippen LogP contribution in [0.25, 0.3) is 0 Å². The summed E-state index contributed by atoms with van der Waals surface area (Å²) in [6, 6.07) is 0. The van der Waals surface area contributed by atoms with Crippen LogP contribution in [0, 0.1) is 23.2 Å². The van der Waals surface area contributed by atoms with Crippen LogP contribution in [0.2, 0.25) is 0 Å². The molecule has 0 bridgehead atoms. The number of hydrogen-bond donors (Lipinski definition) is 0. The van der Waals surface area contributed by atoms with Crippen molar-refractivity contribution in [1.82, 2.24) is 0 Å². The van der Waals surface area contributed by atoms with Crippen LogP contribution in [0.3, 0.4) is 0 Å². The third kappa shape index (κ3) is 2.27. The zero-order chi connectivity index (χ0) is 10.1. The predicted molar refractivity (Wildman–Crippen MR) is 59.7 cm³/mol. The molecule has 0 aromatic rings. The van der Waals surface area contributed by atoms with Crippen molar-refractivity contribution >= 4 is 0 Å². The summed E-state index contributed by atoms with van der Waals surface area (Å²) < 4.78 is 0. The van der Waals surface area contributed by atoms with Gasteiger partial charge in [0.25, 0.3) is 0 Å². The van der Waals surface area contributed by atoms with Gasteiger partial charge in [-0.3, -0.25) is 0 Å². The molecule has 0 N–H and O–H groups in total. The van der Waals surface area contributed by atoms with Gasteiger partial charge in [-0.1, -0.05) is 47.5 Å². The minimum Gasteiger partial charge on any atom is -0.0654 e. The van der Waals surface area contributed by atoms with Crippen LogP contribution in [-0.2, 0) is 0 Å². The quantitative estimate of drug-likeness (QED) is 0.587. The molecule has 13 heavy (non-hydrogen) atoms. The molecule has 0 aliphatic heterocycles. The van der Waals surface area contributed by atoms with E-state index in [4.69, 9.17) is 0 Å². The van der Waals surface area contributed by atoms with Gasteiger partial charge in [-0.15, -0.1) is 0 Å². The van der Waals surface area contributed by atoms with E-state index < -0.39 is 0 Å². The normalized spacial score (nSPS) is 37.2. The molecule has 0 aromatic heterocycles. The lowest BCUT2D eigenvalue weighted by Gasteiger charge is -2.21. The van der Waals surface area contributed by atoms with Gasteiger partial charge in [0, 0.05) is 0 Å². The van der Waals surface area contributed by atoms with E-state index in [1.165, 1.54) is 25.7 Å². The van der Waals surface area contributed by atoms with Crippen molar-refractivity contribution in [2.24, 2.45) is 23.2 Å². The third-order valence-electron chi connectivity index (χ3n) is 4.42. The fraction of sp³-hybridized carbons (Fsp3) is 1.00. The molecule has 0 heteroatoms. The minimum absolute atomic E-state index is 0.720. The molecule has 0 nitrogen and oxygen atoms in total. The summed E-state index contributed by atoms with van der Waals surface area (Å²) in [6.07, 6.45) is 5.64. The summed E-state index contributed by atoms with van der Waals surface area (Å²) in [5, 5.41) is 0. The largest absolute Gasteiger partial charge is 0.0654 e. The Morgan fingerprint density at radius 1 is 1.31 bits per heavy atom. The van der Waals surface area contributed by atoms with Gasteiger partial charge in [0.05, 0.1) is 0 Å². The van der Waals surface area contributed by atoms with Crippen LogP contribution in [0.1, 0.15) is 60.3 Å². The lowest BCUT2D eigenvalue weighted by molar-refractivity contribution is 0.286. The smallest absolute Gasteiger partial charge is 0.0292 e. The first kappa shape index (κ1) is 11.1. The highest BCUT2D eigenvalue weighted by molar-refractivity contribution is 5.01. The summed E-state index contributed by atoms with van der Waals surface area (Å²) in [7, 11) is 0. The molecule has 0 radical (unpaired) electrons. The van der Waals surface area contributed by atoms with Gasteiger partial charge in [0.1, 0.15) is 0 Å². The van der Waals surface area contributed by atoms with Gasteiger partial charge in [-0.25, -0.2) is 0 Å². The van der Waals surface area contributed by atoms with Crippen LogP contribution in [-0.4, -0.2) is 0 Å². The Kier molecular flexibility index (Phi) is 3.43. The first-order valence-corrected chi connectivity index (χ1v) is 6.05. The highest BCUT2D eigenvalue weighted by Gasteiger charge is 2.51. The number of hydrogen-bond acceptors (Lipinski definition) is 0.